The van der Waals surface area contributed by atoms with Gasteiger partial charge in [-0.3, -0.25) is 10.1 Å². The van der Waals surface area contributed by atoms with Crippen molar-refractivity contribution in [1.82, 2.24) is 14.9 Å². The molecule has 1 aliphatic heterocycles. The highest BCUT2D eigenvalue weighted by Gasteiger charge is 2.32. The van der Waals surface area contributed by atoms with Gasteiger partial charge in [-0.2, -0.15) is 0 Å². The van der Waals surface area contributed by atoms with Gasteiger partial charge in [0.2, 0.25) is 5.91 Å². The Morgan fingerprint density at radius 2 is 2.00 bits per heavy atom. The number of carbonyl (C=O) groups is 3. The van der Waals surface area contributed by atoms with E-state index in [-0.39, 0.29) is 23.9 Å². The van der Waals surface area contributed by atoms with Crippen molar-refractivity contribution < 1.29 is 24.2 Å². The second-order valence-corrected chi connectivity index (χ2v) is 10.1. The molecule has 2 aromatic carbocycles. The van der Waals surface area contributed by atoms with E-state index >= 15 is 0 Å². The Labute approximate surface area is 228 Å². The third kappa shape index (κ3) is 5.99. The molecule has 3 amide bonds. The first-order valence-corrected chi connectivity index (χ1v) is 13.4. The van der Waals surface area contributed by atoms with Gasteiger partial charge in [0.15, 0.2) is 0 Å². The number of hydrogen-bond donors (Lipinski definition) is 3. The minimum atomic E-state index is -0.981. The summed E-state index contributed by atoms with van der Waals surface area (Å²) in [5.41, 5.74) is 2.20. The van der Waals surface area contributed by atoms with E-state index in [9.17, 15) is 19.5 Å². The Hall–Kier alpha value is -4.51. The van der Waals surface area contributed by atoms with Crippen molar-refractivity contribution in [2.45, 2.75) is 32.2 Å². The molecule has 39 heavy (non-hydrogen) atoms. The second kappa shape index (κ2) is 11.5. The van der Waals surface area contributed by atoms with E-state index in [2.05, 4.69) is 15.6 Å². The Kier molecular flexibility index (Phi) is 7.69. The highest BCUT2D eigenvalue weighted by Crippen LogP contribution is 2.37. The van der Waals surface area contributed by atoms with Gasteiger partial charge in [-0.05, 0) is 67.8 Å². The average Bonchev–Trinajstić information content (AvgIpc) is 3.57. The van der Waals surface area contributed by atoms with Gasteiger partial charge in [-0.1, -0.05) is 12.1 Å². The molecule has 1 fully saturated rings. The quantitative estimate of drug-likeness (QED) is 0.272. The maximum absolute atomic E-state index is 13.4. The summed E-state index contributed by atoms with van der Waals surface area (Å²) in [6.45, 7) is 2.87. The molecule has 1 unspecified atom stereocenters. The first-order valence-electron chi connectivity index (χ1n) is 12.6. The van der Waals surface area contributed by atoms with Crippen LogP contribution in [0.4, 0.5) is 16.3 Å². The molecule has 1 atom stereocenters. The van der Waals surface area contributed by atoms with E-state index in [4.69, 9.17) is 9.72 Å². The number of carbonyl (C=O) groups excluding carboxylic acids is 2. The lowest BCUT2D eigenvalue weighted by molar-refractivity contribution is -0.131. The summed E-state index contributed by atoms with van der Waals surface area (Å²) in [6.07, 6.45) is 3.43. The number of nitrogens with zero attached hydrogens (tertiary/aromatic N) is 3. The van der Waals surface area contributed by atoms with Crippen molar-refractivity contribution in [1.29, 1.82) is 0 Å². The minimum absolute atomic E-state index is 0.0287. The number of likely N-dealkylation sites (tertiary alicyclic amines) is 1. The Morgan fingerprint density at radius 1 is 1.13 bits per heavy atom. The molecule has 4 aromatic rings. The van der Waals surface area contributed by atoms with Crippen molar-refractivity contribution in [2.24, 2.45) is 0 Å². The molecule has 3 heterocycles. The van der Waals surface area contributed by atoms with Crippen LogP contribution < -0.4 is 15.4 Å². The summed E-state index contributed by atoms with van der Waals surface area (Å²) in [6, 6.07) is 14.8. The molecule has 1 saturated heterocycles. The predicted octanol–water partition coefficient (Wildman–Crippen LogP) is 5.34. The van der Waals surface area contributed by atoms with E-state index in [1.54, 1.807) is 60.8 Å². The van der Waals surface area contributed by atoms with E-state index < -0.39 is 12.0 Å². The summed E-state index contributed by atoms with van der Waals surface area (Å²) in [4.78, 5) is 47.8. The number of carboxylic acids is 1. The second-order valence-electron chi connectivity index (χ2n) is 9.02. The summed E-state index contributed by atoms with van der Waals surface area (Å²) < 4.78 is 6.55. The number of pyridine rings is 1. The van der Waals surface area contributed by atoms with Crippen LogP contribution in [-0.2, 0) is 11.2 Å². The number of nitrogens with one attached hydrogen (secondary N) is 2. The molecule has 10 nitrogen and oxygen atoms in total. The highest BCUT2D eigenvalue weighted by atomic mass is 32.1. The summed E-state index contributed by atoms with van der Waals surface area (Å²) in [5.74, 6) is -0.117. The lowest BCUT2D eigenvalue weighted by Crippen LogP contribution is -2.31. The maximum Gasteiger partial charge on any atom is 0.335 e. The number of hydrogen-bond acceptors (Lipinski definition) is 7. The molecule has 2 aromatic heterocycles. The number of fused-ring (bicyclic) bond motifs is 1. The fourth-order valence-electron chi connectivity index (χ4n) is 4.58. The van der Waals surface area contributed by atoms with Crippen LogP contribution in [0, 0.1) is 0 Å². The fraction of sp³-hybridized carbons (Fsp3) is 0.250. The van der Waals surface area contributed by atoms with Crippen molar-refractivity contribution >= 4 is 51.0 Å². The maximum atomic E-state index is 13.4. The van der Waals surface area contributed by atoms with E-state index in [1.807, 2.05) is 11.8 Å². The van der Waals surface area contributed by atoms with Crippen molar-refractivity contribution in [3.05, 3.63) is 76.9 Å². The zero-order valence-electron chi connectivity index (χ0n) is 21.2. The molecule has 0 radical (unpaired) electrons. The van der Waals surface area contributed by atoms with Crippen LogP contribution in [0.1, 0.15) is 46.7 Å². The van der Waals surface area contributed by atoms with Gasteiger partial charge < -0.3 is 20.1 Å². The number of rotatable bonds is 8. The molecule has 3 N–H and O–H groups in total. The fourth-order valence-corrected chi connectivity index (χ4v) is 5.73. The first kappa shape index (κ1) is 26.1. The lowest BCUT2D eigenvalue weighted by Gasteiger charge is -2.23. The Morgan fingerprint density at radius 3 is 2.77 bits per heavy atom. The van der Waals surface area contributed by atoms with Crippen LogP contribution in [0.2, 0.25) is 0 Å². The van der Waals surface area contributed by atoms with Gasteiger partial charge >= 0.3 is 12.0 Å². The Bertz CT molecular complexity index is 1520. The number of amides is 3. The monoisotopic (exact) mass is 545 g/mol. The molecule has 0 spiro atoms. The molecule has 1 aliphatic rings. The molecule has 200 valence electrons. The van der Waals surface area contributed by atoms with Crippen LogP contribution in [0.5, 0.6) is 5.75 Å². The zero-order valence-corrected chi connectivity index (χ0v) is 22.0. The third-order valence-corrected chi connectivity index (χ3v) is 7.49. The van der Waals surface area contributed by atoms with Crippen molar-refractivity contribution in [3.63, 3.8) is 0 Å². The van der Waals surface area contributed by atoms with Gasteiger partial charge in [-0.15, -0.1) is 11.3 Å². The molecule has 0 bridgehead atoms. The van der Waals surface area contributed by atoms with Crippen LogP contribution in [-0.4, -0.2) is 51.0 Å². The van der Waals surface area contributed by atoms with E-state index in [0.29, 0.717) is 30.4 Å². The van der Waals surface area contributed by atoms with Crippen LogP contribution >= 0.6 is 11.3 Å². The van der Waals surface area contributed by atoms with Crippen LogP contribution in [0.3, 0.4) is 0 Å². The average molecular weight is 546 g/mol. The van der Waals surface area contributed by atoms with Crippen molar-refractivity contribution in [2.75, 3.05) is 23.8 Å². The number of ether oxygens (including phenoxy) is 1. The largest absolute Gasteiger partial charge is 0.492 e. The first-order chi connectivity index (χ1) is 18.9. The van der Waals surface area contributed by atoms with Gasteiger partial charge in [0, 0.05) is 12.7 Å². The number of aromatic nitrogens is 2. The number of thiazole rings is 1. The molecule has 0 saturated carbocycles. The zero-order chi connectivity index (χ0) is 27.4. The SMILES string of the molecule is CCOc1cc(CC(=O)N2CCCC2c2nc3ccc(C(=O)O)cc3s2)ccc1NC(=O)Nc1ccccn1. The van der Waals surface area contributed by atoms with Crippen molar-refractivity contribution in [3.8, 4) is 5.75 Å². The minimum Gasteiger partial charge on any atom is -0.492 e. The molecule has 0 aliphatic carbocycles. The molecule has 11 heteroatoms. The summed E-state index contributed by atoms with van der Waals surface area (Å²) in [7, 11) is 0. The van der Waals surface area contributed by atoms with Gasteiger partial charge in [0.05, 0.1) is 40.5 Å². The number of aromatic carboxylic acids is 1. The smallest absolute Gasteiger partial charge is 0.335 e. The summed E-state index contributed by atoms with van der Waals surface area (Å²) in [5, 5.41) is 15.5. The van der Waals surface area contributed by atoms with Gasteiger partial charge in [-0.25, -0.2) is 19.6 Å². The van der Waals surface area contributed by atoms with Crippen LogP contribution in [0.25, 0.3) is 10.2 Å². The number of anilines is 2. The van der Waals surface area contributed by atoms with Crippen LogP contribution in [0.15, 0.2) is 60.8 Å². The molecular weight excluding hydrogens is 518 g/mol. The number of benzene rings is 2. The van der Waals surface area contributed by atoms with E-state index in [1.165, 1.54) is 11.3 Å². The van der Waals surface area contributed by atoms with E-state index in [0.717, 1.165) is 33.6 Å². The number of urea groups is 1. The summed E-state index contributed by atoms with van der Waals surface area (Å²) >= 11 is 1.43. The number of carboxylic acid groups (broad SMARTS) is 1. The standard InChI is InChI=1S/C28H27N5O5S/c1-2-38-22-14-17(8-10-19(22)31-28(37)32-24-7-3-4-12-29-24)15-25(34)33-13-5-6-21(33)26-30-20-11-9-18(27(35)36)16-23(20)39-26/h3-4,7-12,14,16,21H,2,5-6,13,15H2,1H3,(H,35,36)(H2,29,31,32,37). The normalized spacial score (nSPS) is 14.8. The highest BCUT2D eigenvalue weighted by molar-refractivity contribution is 7.18. The van der Waals surface area contributed by atoms with Gasteiger partial charge in [0.25, 0.3) is 0 Å². The Balaban J connectivity index is 1.29. The predicted molar refractivity (Wildman–Crippen MR) is 148 cm³/mol. The third-order valence-electron chi connectivity index (χ3n) is 6.37. The molecular formula is C28H27N5O5S. The lowest BCUT2D eigenvalue weighted by atomic mass is 10.1. The topological polar surface area (TPSA) is 134 Å². The molecule has 5 rings (SSSR count). The van der Waals surface area contributed by atoms with Gasteiger partial charge in [0.1, 0.15) is 16.6 Å².